The van der Waals surface area contributed by atoms with Gasteiger partial charge in [0.15, 0.2) is 0 Å². The molecule has 3 rings (SSSR count). The number of benzene rings is 2. The molecule has 2 aromatic carbocycles. The van der Waals surface area contributed by atoms with E-state index in [1.165, 1.54) is 6.08 Å². The third-order valence-corrected chi connectivity index (χ3v) is 4.27. The minimum Gasteiger partial charge on any atom is -0.348 e. The van der Waals surface area contributed by atoms with Crippen molar-refractivity contribution in [3.05, 3.63) is 71.8 Å². The molecule has 2 aromatic rings. The van der Waals surface area contributed by atoms with Gasteiger partial charge in [-0.2, -0.15) is 0 Å². The molecule has 3 amide bonds. The van der Waals surface area contributed by atoms with Crippen molar-refractivity contribution in [2.75, 3.05) is 18.4 Å². The third-order valence-electron chi connectivity index (χ3n) is 4.27. The van der Waals surface area contributed by atoms with Gasteiger partial charge in [-0.05, 0) is 42.2 Å². The van der Waals surface area contributed by atoms with Crippen LogP contribution in [0.5, 0.6) is 0 Å². The Kier molecular flexibility index (Phi) is 6.04. The topological polar surface area (TPSA) is 61.4 Å². The number of likely N-dealkylation sites (tertiary alicyclic amines) is 1. The van der Waals surface area contributed by atoms with Crippen molar-refractivity contribution in [2.45, 2.75) is 19.4 Å². The summed E-state index contributed by atoms with van der Waals surface area (Å²) in [4.78, 5) is 25.9. The Bertz CT molecular complexity index is 781. The van der Waals surface area contributed by atoms with Crippen LogP contribution < -0.4 is 10.6 Å². The van der Waals surface area contributed by atoms with Crippen LogP contribution in [0.3, 0.4) is 0 Å². The predicted molar refractivity (Wildman–Crippen MR) is 104 cm³/mol. The largest absolute Gasteiger partial charge is 0.348 e. The lowest BCUT2D eigenvalue weighted by atomic mass is 10.2. The lowest BCUT2D eigenvalue weighted by Gasteiger charge is -2.16. The molecular weight excluding hydrogens is 326 g/mol. The predicted octanol–water partition coefficient (Wildman–Crippen LogP) is 3.64. The Hall–Kier alpha value is -3.08. The van der Waals surface area contributed by atoms with E-state index in [1.807, 2.05) is 59.5 Å². The standard InChI is InChI=1S/C21H23N3O2/c25-20(12-11-17-7-2-1-3-8-17)22-16-18-9-6-10-19(15-18)23-21(26)24-13-4-5-14-24/h1-3,6-12,15H,4-5,13-14,16H2,(H,22,25)(H,23,26)/b12-11-. The van der Waals surface area contributed by atoms with E-state index < -0.39 is 0 Å². The number of nitrogens with one attached hydrogen (secondary N) is 2. The summed E-state index contributed by atoms with van der Waals surface area (Å²) < 4.78 is 0. The van der Waals surface area contributed by atoms with E-state index in [9.17, 15) is 9.59 Å². The molecule has 1 heterocycles. The van der Waals surface area contributed by atoms with Crippen LogP contribution in [0.1, 0.15) is 24.0 Å². The van der Waals surface area contributed by atoms with Gasteiger partial charge in [-0.15, -0.1) is 0 Å². The van der Waals surface area contributed by atoms with Crippen molar-refractivity contribution in [3.63, 3.8) is 0 Å². The first-order chi connectivity index (χ1) is 12.7. The SMILES string of the molecule is O=C(/C=C\c1ccccc1)NCc1cccc(NC(=O)N2CCCC2)c1. The molecule has 0 saturated carbocycles. The normalized spacial score (nSPS) is 13.8. The molecule has 134 valence electrons. The molecule has 0 bridgehead atoms. The minimum atomic E-state index is -0.152. The Morgan fingerprint density at radius 2 is 1.77 bits per heavy atom. The highest BCUT2D eigenvalue weighted by Crippen LogP contribution is 2.14. The van der Waals surface area contributed by atoms with E-state index in [1.54, 1.807) is 6.08 Å². The Labute approximate surface area is 153 Å². The zero-order chi connectivity index (χ0) is 18.2. The number of carbonyl (C=O) groups excluding carboxylic acids is 2. The van der Waals surface area contributed by atoms with Crippen molar-refractivity contribution >= 4 is 23.7 Å². The summed E-state index contributed by atoms with van der Waals surface area (Å²) in [5.41, 5.74) is 2.66. The van der Waals surface area contributed by atoms with E-state index in [4.69, 9.17) is 0 Å². The number of rotatable bonds is 5. The molecule has 0 unspecified atom stereocenters. The Morgan fingerprint density at radius 3 is 2.54 bits per heavy atom. The molecule has 1 aliphatic heterocycles. The smallest absolute Gasteiger partial charge is 0.321 e. The molecule has 5 nitrogen and oxygen atoms in total. The average Bonchev–Trinajstić information content (AvgIpc) is 3.21. The van der Waals surface area contributed by atoms with Gasteiger partial charge in [0.2, 0.25) is 5.91 Å². The highest BCUT2D eigenvalue weighted by molar-refractivity contribution is 5.92. The number of urea groups is 1. The number of nitrogens with zero attached hydrogens (tertiary/aromatic N) is 1. The van der Waals surface area contributed by atoms with Crippen molar-refractivity contribution in [3.8, 4) is 0 Å². The van der Waals surface area contributed by atoms with Crippen LogP contribution in [0, 0.1) is 0 Å². The van der Waals surface area contributed by atoms with E-state index in [2.05, 4.69) is 10.6 Å². The van der Waals surface area contributed by atoms with Gasteiger partial charge >= 0.3 is 6.03 Å². The van der Waals surface area contributed by atoms with Gasteiger partial charge in [0.05, 0.1) is 0 Å². The van der Waals surface area contributed by atoms with Crippen LogP contribution in [0.15, 0.2) is 60.7 Å². The summed E-state index contributed by atoms with van der Waals surface area (Å²) in [6.07, 6.45) is 5.43. The molecule has 26 heavy (non-hydrogen) atoms. The highest BCUT2D eigenvalue weighted by Gasteiger charge is 2.17. The molecule has 0 aliphatic carbocycles. The van der Waals surface area contributed by atoms with E-state index in [0.29, 0.717) is 6.54 Å². The van der Waals surface area contributed by atoms with Gasteiger partial charge in [0.1, 0.15) is 0 Å². The zero-order valence-corrected chi connectivity index (χ0v) is 14.7. The van der Waals surface area contributed by atoms with Crippen LogP contribution in [0.2, 0.25) is 0 Å². The summed E-state index contributed by atoms with van der Waals surface area (Å²) >= 11 is 0. The summed E-state index contributed by atoms with van der Waals surface area (Å²) in [5, 5.41) is 5.77. The molecular formula is C21H23N3O2. The Balaban J connectivity index is 1.51. The summed E-state index contributed by atoms with van der Waals surface area (Å²) in [6.45, 7) is 2.04. The van der Waals surface area contributed by atoms with Crippen molar-refractivity contribution in [1.82, 2.24) is 10.2 Å². The van der Waals surface area contributed by atoms with E-state index in [0.717, 1.165) is 42.7 Å². The maximum absolute atomic E-state index is 12.1. The number of anilines is 1. The first-order valence-electron chi connectivity index (χ1n) is 8.86. The maximum Gasteiger partial charge on any atom is 0.321 e. The van der Waals surface area contributed by atoms with Crippen molar-refractivity contribution < 1.29 is 9.59 Å². The number of hydrogen-bond donors (Lipinski definition) is 2. The maximum atomic E-state index is 12.1. The molecule has 2 N–H and O–H groups in total. The number of hydrogen-bond acceptors (Lipinski definition) is 2. The molecule has 5 heteroatoms. The van der Waals surface area contributed by atoms with Gasteiger partial charge in [0, 0.05) is 31.4 Å². The number of amides is 3. The lowest BCUT2D eigenvalue weighted by Crippen LogP contribution is -2.32. The third kappa shape index (κ3) is 5.21. The first-order valence-corrected chi connectivity index (χ1v) is 8.86. The summed E-state index contributed by atoms with van der Waals surface area (Å²) in [6, 6.07) is 17.2. The fourth-order valence-electron chi connectivity index (χ4n) is 2.87. The zero-order valence-electron chi connectivity index (χ0n) is 14.7. The van der Waals surface area contributed by atoms with Crippen molar-refractivity contribution in [1.29, 1.82) is 0 Å². The van der Waals surface area contributed by atoms with Gasteiger partial charge in [-0.25, -0.2) is 4.79 Å². The quantitative estimate of drug-likeness (QED) is 0.810. The molecule has 0 spiro atoms. The van der Waals surface area contributed by atoms with Crippen LogP contribution >= 0.6 is 0 Å². The second-order valence-corrected chi connectivity index (χ2v) is 6.29. The number of carbonyl (C=O) groups is 2. The van der Waals surface area contributed by atoms with Gasteiger partial charge in [-0.1, -0.05) is 42.5 Å². The summed E-state index contributed by atoms with van der Waals surface area (Å²) in [5.74, 6) is -0.152. The molecule has 1 aliphatic rings. The summed E-state index contributed by atoms with van der Waals surface area (Å²) in [7, 11) is 0. The molecule has 1 fully saturated rings. The van der Waals surface area contributed by atoms with E-state index >= 15 is 0 Å². The second-order valence-electron chi connectivity index (χ2n) is 6.29. The van der Waals surface area contributed by atoms with Crippen LogP contribution in [0.25, 0.3) is 6.08 Å². The average molecular weight is 349 g/mol. The molecule has 1 saturated heterocycles. The fraction of sp³-hybridized carbons (Fsp3) is 0.238. The van der Waals surface area contributed by atoms with Crippen molar-refractivity contribution in [2.24, 2.45) is 0 Å². The monoisotopic (exact) mass is 349 g/mol. The molecule has 0 aromatic heterocycles. The molecule has 0 atom stereocenters. The van der Waals surface area contributed by atoms with Gasteiger partial charge in [-0.3, -0.25) is 4.79 Å². The molecule has 0 radical (unpaired) electrons. The lowest BCUT2D eigenvalue weighted by molar-refractivity contribution is -0.116. The minimum absolute atomic E-state index is 0.0607. The Morgan fingerprint density at radius 1 is 1.00 bits per heavy atom. The van der Waals surface area contributed by atoms with Gasteiger partial charge < -0.3 is 15.5 Å². The second kappa shape index (κ2) is 8.85. The van der Waals surface area contributed by atoms with E-state index in [-0.39, 0.29) is 11.9 Å². The highest BCUT2D eigenvalue weighted by atomic mass is 16.2. The van der Waals surface area contributed by atoms with Crippen LogP contribution in [-0.4, -0.2) is 29.9 Å². The van der Waals surface area contributed by atoms with Gasteiger partial charge in [0.25, 0.3) is 0 Å². The van der Waals surface area contributed by atoms with Crippen LogP contribution in [-0.2, 0) is 11.3 Å². The van der Waals surface area contributed by atoms with Crippen LogP contribution in [0.4, 0.5) is 10.5 Å². The first kappa shape index (κ1) is 17.7. The fourth-order valence-corrected chi connectivity index (χ4v) is 2.87.